The number of likely N-dealkylation sites (tertiary alicyclic amines) is 1. The van der Waals surface area contributed by atoms with E-state index in [9.17, 15) is 63.3 Å². The molecule has 0 aliphatic carbocycles. The van der Waals surface area contributed by atoms with Gasteiger partial charge in [-0.2, -0.15) is 11.8 Å². The lowest BCUT2D eigenvalue weighted by atomic mass is 10.0. The van der Waals surface area contributed by atoms with E-state index >= 15 is 0 Å². The zero-order valence-electron chi connectivity index (χ0n) is 45.5. The van der Waals surface area contributed by atoms with Gasteiger partial charge in [0.2, 0.25) is 47.3 Å². The molecular weight excluding hydrogens is 1040 g/mol. The first kappa shape index (κ1) is 68.8. The van der Waals surface area contributed by atoms with E-state index in [1.165, 1.54) is 37.4 Å². The van der Waals surface area contributed by atoms with Gasteiger partial charge >= 0.3 is 11.9 Å². The Kier molecular flexibility index (Phi) is 31.1. The van der Waals surface area contributed by atoms with Crippen LogP contribution in [-0.4, -0.2) is 190 Å². The highest BCUT2D eigenvalue weighted by molar-refractivity contribution is 7.98. The number of nitrogens with two attached hydrogens (primary N) is 3. The van der Waals surface area contributed by atoms with E-state index in [0.29, 0.717) is 38.8 Å². The highest BCUT2D eigenvalue weighted by atomic mass is 32.2. The van der Waals surface area contributed by atoms with Crippen LogP contribution in [0.15, 0.2) is 0 Å². The maximum atomic E-state index is 14.1. The average molecular weight is 1130 g/mol. The van der Waals surface area contributed by atoms with Crippen LogP contribution in [0.1, 0.15) is 106 Å². The molecule has 0 radical (unpaired) electrons. The molecule has 0 aromatic carbocycles. The lowest BCUT2D eigenvalue weighted by Gasteiger charge is -2.30. The van der Waals surface area contributed by atoms with Crippen LogP contribution in [0.2, 0.25) is 0 Å². The van der Waals surface area contributed by atoms with Gasteiger partial charge in [-0.1, -0.05) is 34.6 Å². The molecule has 22 N–H and O–H groups in total. The first-order chi connectivity index (χ1) is 36.5. The molecule has 31 heteroatoms. The van der Waals surface area contributed by atoms with E-state index in [2.05, 4.69) is 53.2 Å². The third-order valence-electron chi connectivity index (χ3n) is 12.4. The molecule has 0 aromatic heterocycles. The number of hydrogen-bond donors (Lipinski definition) is 19. The number of carboxylic acid groups (broad SMARTS) is 2. The van der Waals surface area contributed by atoms with Gasteiger partial charge in [0, 0.05) is 32.1 Å². The van der Waals surface area contributed by atoms with Crippen LogP contribution in [0.5, 0.6) is 0 Å². The van der Waals surface area contributed by atoms with Crippen LogP contribution in [0.4, 0.5) is 0 Å². The van der Waals surface area contributed by atoms with Gasteiger partial charge in [0.1, 0.15) is 48.3 Å². The molecule has 0 bridgehead atoms. The number of carbonyl (C=O) groups excluding carboxylic acids is 8. The molecule has 10 unspecified atom stereocenters. The smallest absolute Gasteiger partial charge is 0.326 e. The van der Waals surface area contributed by atoms with Gasteiger partial charge < -0.3 is 90.6 Å². The van der Waals surface area contributed by atoms with Crippen LogP contribution in [-0.2, 0) is 47.9 Å². The Morgan fingerprint density at radius 2 is 0.974 bits per heavy atom. The Morgan fingerprint density at radius 3 is 1.44 bits per heavy atom. The van der Waals surface area contributed by atoms with Gasteiger partial charge in [0.05, 0.1) is 12.5 Å². The fraction of sp³-hybridized carbons (Fsp3) is 0.723. The van der Waals surface area contributed by atoms with Crippen molar-refractivity contribution in [3.63, 3.8) is 0 Å². The molecule has 1 heterocycles. The predicted molar refractivity (Wildman–Crippen MR) is 289 cm³/mol. The monoisotopic (exact) mass is 1130 g/mol. The molecule has 1 saturated heterocycles. The number of amides is 8. The van der Waals surface area contributed by atoms with E-state index < -0.39 is 138 Å². The van der Waals surface area contributed by atoms with Crippen LogP contribution < -0.4 is 70.4 Å². The van der Waals surface area contributed by atoms with E-state index in [1.807, 2.05) is 0 Å². The summed E-state index contributed by atoms with van der Waals surface area (Å²) in [6.07, 6.45) is 0.932. The number of nitrogens with zero attached hydrogens (tertiary/aromatic N) is 1. The van der Waals surface area contributed by atoms with Crippen LogP contribution in [0.3, 0.4) is 0 Å². The summed E-state index contributed by atoms with van der Waals surface area (Å²) in [4.78, 5) is 136. The number of carboxylic acids is 2. The molecule has 30 nitrogen and oxygen atoms in total. The van der Waals surface area contributed by atoms with Crippen molar-refractivity contribution in [1.29, 1.82) is 16.2 Å². The van der Waals surface area contributed by atoms with Gasteiger partial charge in [0.25, 0.3) is 0 Å². The summed E-state index contributed by atoms with van der Waals surface area (Å²) in [7, 11) is 0. The quantitative estimate of drug-likeness (QED) is 0.0161. The molecule has 442 valence electrons. The molecule has 0 saturated carbocycles. The van der Waals surface area contributed by atoms with Gasteiger partial charge in [-0.3, -0.25) is 59.4 Å². The Labute approximate surface area is 458 Å². The standard InChI is InChI=1S/C47H85N17O13S/c1-23(2)33(61-38(70)28(14-10-19-56-47(52)53)58-40(72)31-15-11-20-64(31)43(75)25(5)12-8-17-54-45(48)49)41(73)63-35(26(6)65)42(74)59-27(13-9-18-55-46(50)51)36(68)57-29(16-21-78-7)37(69)60-30(22-32(66)67)39(71)62-34(24(3)4)44(76)77/h23-31,33-35,65H,8-22H2,1-7H3,(H,57,68)(H,58,72)(H,59,74)(H,60,69)(H,61,70)(H,62,71)(H,63,73)(H,66,67)(H,76,77)(H4,48,49,54)(H4,50,51,55)(H4,52,53,56). The summed E-state index contributed by atoms with van der Waals surface area (Å²) in [5.41, 5.74) is 16.2. The van der Waals surface area contributed by atoms with Crippen LogP contribution in [0.25, 0.3) is 0 Å². The third kappa shape index (κ3) is 25.3. The van der Waals surface area contributed by atoms with Crippen molar-refractivity contribution in [3.05, 3.63) is 0 Å². The van der Waals surface area contributed by atoms with E-state index in [-0.39, 0.29) is 68.8 Å². The van der Waals surface area contributed by atoms with Crippen molar-refractivity contribution in [2.45, 2.75) is 160 Å². The number of carbonyl (C=O) groups is 10. The van der Waals surface area contributed by atoms with Crippen molar-refractivity contribution >= 4 is 88.8 Å². The summed E-state index contributed by atoms with van der Waals surface area (Å²) in [5, 5.41) is 77.6. The van der Waals surface area contributed by atoms with E-state index in [0.717, 1.165) is 0 Å². The SMILES string of the molecule is CSCCC(NC(=O)C(CCCNC(=N)N)NC(=O)C(NC(=O)C(NC(=O)C(CCCNC(=N)N)NC(=O)C1CCCN1C(=O)C(C)CCCNC(=N)N)C(C)C)C(C)O)C(=O)NC(CC(=O)O)C(=O)NC(C(=O)O)C(C)C. The first-order valence-corrected chi connectivity index (χ1v) is 27.2. The summed E-state index contributed by atoms with van der Waals surface area (Å²) < 4.78 is 0. The minimum Gasteiger partial charge on any atom is -0.481 e. The molecule has 0 spiro atoms. The Balaban J connectivity index is 3.45. The highest BCUT2D eigenvalue weighted by Gasteiger charge is 2.40. The Bertz CT molecular complexity index is 2100. The van der Waals surface area contributed by atoms with Crippen molar-refractivity contribution < 1.29 is 63.3 Å². The van der Waals surface area contributed by atoms with Gasteiger partial charge in [-0.05, 0) is 88.6 Å². The molecule has 8 amide bonds. The normalized spacial score (nSPS) is 16.5. The van der Waals surface area contributed by atoms with Crippen molar-refractivity contribution in [1.82, 2.24) is 58.1 Å². The maximum Gasteiger partial charge on any atom is 0.326 e. The lowest BCUT2D eigenvalue weighted by Crippen LogP contribution is -2.62. The fourth-order valence-corrected chi connectivity index (χ4v) is 8.58. The van der Waals surface area contributed by atoms with Gasteiger partial charge in [-0.25, -0.2) is 4.79 Å². The summed E-state index contributed by atoms with van der Waals surface area (Å²) >= 11 is 1.28. The second-order valence-corrected chi connectivity index (χ2v) is 20.7. The van der Waals surface area contributed by atoms with Gasteiger partial charge in [0.15, 0.2) is 17.9 Å². The number of guanidine groups is 3. The van der Waals surface area contributed by atoms with Gasteiger partial charge in [-0.15, -0.1) is 0 Å². The van der Waals surface area contributed by atoms with Crippen LogP contribution in [0, 0.1) is 34.0 Å². The fourth-order valence-electron chi connectivity index (χ4n) is 8.10. The molecule has 1 rings (SSSR count). The Morgan fingerprint density at radius 1 is 0.564 bits per heavy atom. The minimum absolute atomic E-state index is 0.0157. The number of thioether (sulfide) groups is 1. The number of hydrogen-bond acceptors (Lipinski definition) is 15. The van der Waals surface area contributed by atoms with E-state index in [4.69, 9.17) is 33.4 Å². The molecule has 1 aliphatic rings. The minimum atomic E-state index is -1.78. The number of rotatable bonds is 36. The molecule has 10 atom stereocenters. The number of aliphatic hydroxyl groups excluding tert-OH is 1. The molecule has 1 aliphatic heterocycles. The molecule has 1 fully saturated rings. The number of aliphatic carboxylic acids is 2. The second kappa shape index (κ2) is 35.3. The largest absolute Gasteiger partial charge is 0.481 e. The zero-order valence-corrected chi connectivity index (χ0v) is 46.4. The predicted octanol–water partition coefficient (Wildman–Crippen LogP) is -4.20. The average Bonchev–Trinajstić information content (AvgIpc) is 3.84. The van der Waals surface area contributed by atoms with Crippen molar-refractivity contribution in [2.24, 2.45) is 35.0 Å². The molecular formula is C47H85N17O13S. The summed E-state index contributed by atoms with van der Waals surface area (Å²) in [5.74, 6) is -12.2. The summed E-state index contributed by atoms with van der Waals surface area (Å²) in [6.45, 7) is 9.93. The maximum absolute atomic E-state index is 14.1. The van der Waals surface area contributed by atoms with Crippen LogP contribution >= 0.6 is 11.8 Å². The number of aliphatic hydroxyl groups is 1. The highest BCUT2D eigenvalue weighted by Crippen LogP contribution is 2.22. The molecule has 0 aromatic rings. The van der Waals surface area contributed by atoms with E-state index in [1.54, 1.807) is 27.0 Å². The topological polar surface area (TPSA) is 505 Å². The third-order valence-corrected chi connectivity index (χ3v) is 13.1. The first-order valence-electron chi connectivity index (χ1n) is 25.8. The number of nitrogens with one attached hydrogen (secondary N) is 13. The zero-order chi connectivity index (χ0) is 59.4. The lowest BCUT2D eigenvalue weighted by molar-refractivity contribution is -0.144. The van der Waals surface area contributed by atoms with Crippen molar-refractivity contribution in [2.75, 3.05) is 38.2 Å². The molecule has 78 heavy (non-hydrogen) atoms. The Hall–Kier alpha value is -7.18. The summed E-state index contributed by atoms with van der Waals surface area (Å²) in [6, 6.07) is -11.5. The van der Waals surface area contributed by atoms with Crippen molar-refractivity contribution in [3.8, 4) is 0 Å². The second-order valence-electron chi connectivity index (χ2n) is 19.7.